The Balaban J connectivity index is 1.73. The minimum Gasteiger partial charge on any atom is -0.443 e. The molecule has 0 aliphatic heterocycles. The van der Waals surface area contributed by atoms with Crippen molar-refractivity contribution in [3.63, 3.8) is 0 Å². The summed E-state index contributed by atoms with van der Waals surface area (Å²) < 4.78 is 7.40. The number of carbonyl (C=O) groups excluding carboxylic acids is 1. The van der Waals surface area contributed by atoms with E-state index in [1.807, 2.05) is 81.4 Å². The lowest BCUT2D eigenvalue weighted by Gasteiger charge is -2.25. The van der Waals surface area contributed by atoms with E-state index in [1.54, 1.807) is 4.57 Å². The highest BCUT2D eigenvalue weighted by Crippen LogP contribution is 2.38. The van der Waals surface area contributed by atoms with Gasteiger partial charge >= 0.3 is 6.09 Å². The van der Waals surface area contributed by atoms with Crippen molar-refractivity contribution in [1.82, 2.24) is 4.57 Å². The third-order valence-corrected chi connectivity index (χ3v) is 5.52. The molecule has 0 amide bonds. The van der Waals surface area contributed by atoms with Gasteiger partial charge in [0.15, 0.2) is 0 Å². The molecule has 1 heterocycles. The van der Waals surface area contributed by atoms with E-state index in [2.05, 4.69) is 47.4 Å². The fourth-order valence-corrected chi connectivity index (χ4v) is 4.21. The Hall–Kier alpha value is -4.05. The summed E-state index contributed by atoms with van der Waals surface area (Å²) in [5.41, 5.74) is 4.25. The first-order chi connectivity index (χ1) is 15.9. The topological polar surface area (TPSA) is 34.5 Å². The molecule has 164 valence electrons. The largest absolute Gasteiger partial charge is 0.443 e. The van der Waals surface area contributed by atoms with E-state index in [9.17, 15) is 4.79 Å². The highest BCUT2D eigenvalue weighted by Gasteiger charge is 2.23. The summed E-state index contributed by atoms with van der Waals surface area (Å²) in [6.45, 7) is 5.65. The molecule has 4 aromatic carbocycles. The first-order valence-electron chi connectivity index (χ1n) is 11.1. The van der Waals surface area contributed by atoms with E-state index in [-0.39, 0.29) is 6.09 Å². The zero-order chi connectivity index (χ0) is 23.0. The van der Waals surface area contributed by atoms with Crippen molar-refractivity contribution in [1.29, 1.82) is 0 Å². The van der Waals surface area contributed by atoms with Gasteiger partial charge in [-0.05, 0) is 69.3 Å². The van der Waals surface area contributed by atoms with Crippen LogP contribution in [0.15, 0.2) is 103 Å². The molecular weight excluding hydrogens is 408 g/mol. The van der Waals surface area contributed by atoms with Crippen molar-refractivity contribution in [3.05, 3.63) is 103 Å². The SMILES string of the molecule is CC(C)(C)OC(=O)n1c2ccccc2c2cc(N(c3ccccc3)c3ccccc3)ccc21. The van der Waals surface area contributed by atoms with Crippen LogP contribution >= 0.6 is 0 Å². The molecule has 0 radical (unpaired) electrons. The number of carbonyl (C=O) groups is 1. The van der Waals surface area contributed by atoms with E-state index >= 15 is 0 Å². The number of ether oxygens (including phenoxy) is 1. The normalized spacial score (nSPS) is 11.6. The minimum atomic E-state index is -0.577. The number of rotatable bonds is 3. The van der Waals surface area contributed by atoms with E-state index in [4.69, 9.17) is 4.74 Å². The predicted molar refractivity (Wildman–Crippen MR) is 136 cm³/mol. The van der Waals surface area contributed by atoms with Gasteiger partial charge in [0.2, 0.25) is 0 Å². The Morgan fingerprint density at radius 3 is 1.82 bits per heavy atom. The molecule has 0 atom stereocenters. The average Bonchev–Trinajstić information content (AvgIpc) is 3.14. The summed E-state index contributed by atoms with van der Waals surface area (Å²) in [6, 6.07) is 34.8. The van der Waals surface area contributed by atoms with Gasteiger partial charge in [-0.15, -0.1) is 0 Å². The third kappa shape index (κ3) is 3.96. The Morgan fingerprint density at radius 2 is 1.21 bits per heavy atom. The standard InChI is InChI=1S/C29H26N2O2/c1-29(2,3)33-28(32)31-26-17-11-10-16-24(26)25-20-23(18-19-27(25)31)30(21-12-6-4-7-13-21)22-14-8-5-9-15-22/h4-20H,1-3H3. The van der Waals surface area contributed by atoms with Crippen LogP contribution in [0.2, 0.25) is 0 Å². The van der Waals surface area contributed by atoms with Gasteiger partial charge in [0.1, 0.15) is 5.60 Å². The van der Waals surface area contributed by atoms with E-state index in [1.165, 1.54) is 0 Å². The number of hydrogen-bond donors (Lipinski definition) is 0. The Bertz CT molecular complexity index is 1390. The molecule has 5 rings (SSSR count). The van der Waals surface area contributed by atoms with Gasteiger partial charge in [-0.1, -0.05) is 54.6 Å². The number of benzene rings is 4. The van der Waals surface area contributed by atoms with Crippen molar-refractivity contribution < 1.29 is 9.53 Å². The number of aromatic nitrogens is 1. The summed E-state index contributed by atoms with van der Waals surface area (Å²) in [5, 5.41) is 2.02. The molecule has 4 nitrogen and oxygen atoms in total. The lowest BCUT2D eigenvalue weighted by Crippen LogP contribution is -2.27. The van der Waals surface area contributed by atoms with Crippen LogP contribution in [0.5, 0.6) is 0 Å². The Labute approximate surface area is 193 Å². The fraction of sp³-hybridized carbons (Fsp3) is 0.138. The molecule has 33 heavy (non-hydrogen) atoms. The molecule has 0 saturated carbocycles. The van der Waals surface area contributed by atoms with Crippen LogP contribution in [0, 0.1) is 0 Å². The van der Waals surface area contributed by atoms with Crippen LogP contribution in [-0.4, -0.2) is 16.3 Å². The first-order valence-corrected chi connectivity index (χ1v) is 11.1. The monoisotopic (exact) mass is 434 g/mol. The van der Waals surface area contributed by atoms with Gasteiger partial charge in [-0.25, -0.2) is 9.36 Å². The second kappa shape index (κ2) is 8.14. The van der Waals surface area contributed by atoms with Crippen LogP contribution in [0.1, 0.15) is 20.8 Å². The van der Waals surface area contributed by atoms with Gasteiger partial charge in [0.25, 0.3) is 0 Å². The summed E-state index contributed by atoms with van der Waals surface area (Å²) in [7, 11) is 0. The van der Waals surface area contributed by atoms with Crippen LogP contribution in [0.25, 0.3) is 21.8 Å². The minimum absolute atomic E-state index is 0.371. The smallest absolute Gasteiger partial charge is 0.419 e. The molecule has 0 unspecified atom stereocenters. The zero-order valence-electron chi connectivity index (χ0n) is 19.0. The lowest BCUT2D eigenvalue weighted by molar-refractivity contribution is 0.0551. The van der Waals surface area contributed by atoms with Crippen LogP contribution in [-0.2, 0) is 4.74 Å². The maximum Gasteiger partial charge on any atom is 0.419 e. The van der Waals surface area contributed by atoms with Crippen LogP contribution < -0.4 is 4.90 Å². The van der Waals surface area contributed by atoms with Gasteiger partial charge < -0.3 is 9.64 Å². The second-order valence-electron chi connectivity index (χ2n) is 9.04. The molecule has 0 bridgehead atoms. The molecule has 1 aromatic heterocycles. The molecule has 0 aliphatic carbocycles. The summed E-state index contributed by atoms with van der Waals surface area (Å²) in [4.78, 5) is 15.4. The molecule has 0 saturated heterocycles. The maximum atomic E-state index is 13.1. The van der Waals surface area contributed by atoms with E-state index in [0.717, 1.165) is 38.9 Å². The number of fused-ring (bicyclic) bond motifs is 3. The van der Waals surface area contributed by atoms with Gasteiger partial charge in [0, 0.05) is 27.8 Å². The zero-order valence-corrected chi connectivity index (χ0v) is 19.0. The quantitative estimate of drug-likeness (QED) is 0.288. The van der Waals surface area contributed by atoms with Crippen molar-refractivity contribution >= 4 is 45.0 Å². The average molecular weight is 435 g/mol. The Morgan fingerprint density at radius 1 is 0.667 bits per heavy atom. The molecular formula is C29H26N2O2. The van der Waals surface area contributed by atoms with Gasteiger partial charge in [-0.2, -0.15) is 0 Å². The summed E-state index contributed by atoms with van der Waals surface area (Å²) >= 11 is 0. The molecule has 5 aromatic rings. The van der Waals surface area contributed by atoms with E-state index in [0.29, 0.717) is 0 Å². The molecule has 4 heteroatoms. The maximum absolute atomic E-state index is 13.1. The van der Waals surface area contributed by atoms with Crippen molar-refractivity contribution in [3.8, 4) is 0 Å². The first kappa shape index (κ1) is 20.8. The highest BCUT2D eigenvalue weighted by atomic mass is 16.6. The molecule has 0 fully saturated rings. The van der Waals surface area contributed by atoms with Crippen molar-refractivity contribution in [2.45, 2.75) is 26.4 Å². The number of nitrogens with zero attached hydrogens (tertiary/aromatic N) is 2. The third-order valence-electron chi connectivity index (χ3n) is 5.52. The van der Waals surface area contributed by atoms with Crippen molar-refractivity contribution in [2.24, 2.45) is 0 Å². The summed E-state index contributed by atoms with van der Waals surface area (Å²) in [5.74, 6) is 0. The second-order valence-corrected chi connectivity index (χ2v) is 9.04. The van der Waals surface area contributed by atoms with Crippen LogP contribution in [0.4, 0.5) is 21.9 Å². The molecule has 0 spiro atoms. The Kier molecular flexibility index (Phi) is 5.14. The predicted octanol–water partition coefficient (Wildman–Crippen LogP) is 8.05. The fourth-order valence-electron chi connectivity index (χ4n) is 4.21. The number of para-hydroxylation sites is 3. The van der Waals surface area contributed by atoms with E-state index < -0.39 is 5.60 Å². The number of anilines is 3. The highest BCUT2D eigenvalue weighted by molar-refractivity contribution is 6.13. The lowest BCUT2D eigenvalue weighted by atomic mass is 10.1. The van der Waals surface area contributed by atoms with Gasteiger partial charge in [0.05, 0.1) is 11.0 Å². The molecule has 0 aliphatic rings. The number of hydrogen-bond acceptors (Lipinski definition) is 3. The van der Waals surface area contributed by atoms with Gasteiger partial charge in [-0.3, -0.25) is 0 Å². The van der Waals surface area contributed by atoms with Crippen LogP contribution in [0.3, 0.4) is 0 Å². The molecule has 0 N–H and O–H groups in total. The summed E-state index contributed by atoms with van der Waals surface area (Å²) in [6.07, 6.45) is -0.371. The van der Waals surface area contributed by atoms with Crippen molar-refractivity contribution in [2.75, 3.05) is 4.90 Å².